The highest BCUT2D eigenvalue weighted by Gasteiger charge is 2.25. The Kier molecular flexibility index (Phi) is 5.74. The molecule has 0 unspecified atom stereocenters. The van der Waals surface area contributed by atoms with Crippen molar-refractivity contribution in [3.8, 4) is 0 Å². The fraction of sp³-hybridized carbons (Fsp3) is 0.909. The summed E-state index contributed by atoms with van der Waals surface area (Å²) in [4.78, 5) is 11.4. The standard InChI is InChI=1S/C11H19F3N2O/c12-11(13,14)6-3-7-15-8-10(17)16-9-4-1-2-5-9/h9,15H,1-8H2,(H,16,17). The Balaban J connectivity index is 1.96. The van der Waals surface area contributed by atoms with Gasteiger partial charge in [0.25, 0.3) is 0 Å². The Hall–Kier alpha value is -0.780. The topological polar surface area (TPSA) is 41.1 Å². The third-order valence-electron chi connectivity index (χ3n) is 2.82. The molecule has 0 saturated heterocycles. The van der Waals surface area contributed by atoms with E-state index in [0.29, 0.717) is 0 Å². The minimum Gasteiger partial charge on any atom is -0.352 e. The molecule has 6 heteroatoms. The molecule has 0 atom stereocenters. The minimum absolute atomic E-state index is 0.0141. The SMILES string of the molecule is O=C(CNCCCC(F)(F)F)NC1CCCC1. The van der Waals surface area contributed by atoms with Gasteiger partial charge in [0.1, 0.15) is 0 Å². The molecule has 1 saturated carbocycles. The average Bonchev–Trinajstić information content (AvgIpc) is 2.68. The highest BCUT2D eigenvalue weighted by Crippen LogP contribution is 2.20. The molecule has 1 amide bonds. The lowest BCUT2D eigenvalue weighted by molar-refractivity contribution is -0.135. The van der Waals surface area contributed by atoms with E-state index in [1.54, 1.807) is 0 Å². The second kappa shape index (κ2) is 6.83. The average molecular weight is 252 g/mol. The van der Waals surface area contributed by atoms with Crippen molar-refractivity contribution in [2.75, 3.05) is 13.1 Å². The first-order valence-electron chi connectivity index (χ1n) is 6.04. The first-order valence-corrected chi connectivity index (χ1v) is 6.04. The predicted octanol–water partition coefficient (Wildman–Crippen LogP) is 1.98. The Morgan fingerprint density at radius 2 is 1.88 bits per heavy atom. The number of carbonyl (C=O) groups excluding carboxylic acids is 1. The van der Waals surface area contributed by atoms with Crippen molar-refractivity contribution < 1.29 is 18.0 Å². The van der Waals surface area contributed by atoms with Crippen LogP contribution in [0.4, 0.5) is 13.2 Å². The summed E-state index contributed by atoms with van der Waals surface area (Å²) in [6, 6.07) is 0.263. The molecule has 0 spiro atoms. The summed E-state index contributed by atoms with van der Waals surface area (Å²) in [5.74, 6) is -0.121. The zero-order chi connectivity index (χ0) is 12.7. The quantitative estimate of drug-likeness (QED) is 0.710. The molecule has 3 nitrogen and oxygen atoms in total. The Morgan fingerprint density at radius 1 is 1.24 bits per heavy atom. The van der Waals surface area contributed by atoms with Gasteiger partial charge in [-0.15, -0.1) is 0 Å². The number of nitrogens with one attached hydrogen (secondary N) is 2. The van der Waals surface area contributed by atoms with Crippen molar-refractivity contribution >= 4 is 5.91 Å². The van der Waals surface area contributed by atoms with Gasteiger partial charge in [0.15, 0.2) is 0 Å². The lowest BCUT2D eigenvalue weighted by Crippen LogP contribution is -2.39. The Morgan fingerprint density at radius 3 is 2.47 bits per heavy atom. The zero-order valence-corrected chi connectivity index (χ0v) is 9.78. The summed E-state index contributed by atoms with van der Waals surface area (Å²) < 4.78 is 35.4. The van der Waals surface area contributed by atoms with Crippen LogP contribution < -0.4 is 10.6 Å². The molecule has 0 radical (unpaired) electrons. The van der Waals surface area contributed by atoms with Gasteiger partial charge in [-0.1, -0.05) is 12.8 Å². The largest absolute Gasteiger partial charge is 0.389 e. The molecule has 0 heterocycles. The van der Waals surface area contributed by atoms with E-state index in [1.807, 2.05) is 0 Å². The molecule has 1 fully saturated rings. The van der Waals surface area contributed by atoms with E-state index in [2.05, 4.69) is 10.6 Å². The monoisotopic (exact) mass is 252 g/mol. The highest BCUT2D eigenvalue weighted by atomic mass is 19.4. The van der Waals surface area contributed by atoms with Gasteiger partial charge < -0.3 is 10.6 Å². The lowest BCUT2D eigenvalue weighted by atomic mass is 10.2. The molecule has 100 valence electrons. The van der Waals surface area contributed by atoms with E-state index in [4.69, 9.17) is 0 Å². The molecule has 17 heavy (non-hydrogen) atoms. The van der Waals surface area contributed by atoms with Crippen LogP contribution >= 0.6 is 0 Å². The number of rotatable bonds is 6. The smallest absolute Gasteiger partial charge is 0.352 e. The van der Waals surface area contributed by atoms with Crippen molar-refractivity contribution in [1.82, 2.24) is 10.6 Å². The number of amides is 1. The lowest BCUT2D eigenvalue weighted by Gasteiger charge is -2.12. The van der Waals surface area contributed by atoms with Crippen molar-refractivity contribution in [2.24, 2.45) is 0 Å². The summed E-state index contributed by atoms with van der Waals surface area (Å²) in [5.41, 5.74) is 0. The number of hydrogen-bond acceptors (Lipinski definition) is 2. The van der Waals surface area contributed by atoms with Crippen molar-refractivity contribution in [3.05, 3.63) is 0 Å². The second-order valence-electron chi connectivity index (χ2n) is 4.44. The maximum Gasteiger partial charge on any atom is 0.389 e. The molecule has 2 N–H and O–H groups in total. The van der Waals surface area contributed by atoms with Gasteiger partial charge in [-0.3, -0.25) is 4.79 Å². The van der Waals surface area contributed by atoms with Crippen LogP contribution in [0.5, 0.6) is 0 Å². The third-order valence-corrected chi connectivity index (χ3v) is 2.82. The maximum absolute atomic E-state index is 11.8. The van der Waals surface area contributed by atoms with E-state index in [1.165, 1.54) is 0 Å². The number of hydrogen-bond donors (Lipinski definition) is 2. The Labute approximate surface area is 99.1 Å². The highest BCUT2D eigenvalue weighted by molar-refractivity contribution is 5.78. The summed E-state index contributed by atoms with van der Waals surface area (Å²) in [5, 5.41) is 5.58. The first-order chi connectivity index (χ1) is 7.97. The van der Waals surface area contributed by atoms with E-state index < -0.39 is 12.6 Å². The van der Waals surface area contributed by atoms with Gasteiger partial charge >= 0.3 is 6.18 Å². The molecule has 1 aliphatic carbocycles. The van der Waals surface area contributed by atoms with Crippen LogP contribution in [-0.4, -0.2) is 31.2 Å². The molecular formula is C11H19F3N2O. The second-order valence-corrected chi connectivity index (χ2v) is 4.44. The summed E-state index contributed by atoms with van der Waals surface area (Å²) in [7, 11) is 0. The molecular weight excluding hydrogens is 233 g/mol. The van der Waals surface area contributed by atoms with Crippen LogP contribution in [0.25, 0.3) is 0 Å². The van der Waals surface area contributed by atoms with Gasteiger partial charge in [-0.2, -0.15) is 13.2 Å². The number of alkyl halides is 3. The van der Waals surface area contributed by atoms with Crippen LogP contribution in [0.2, 0.25) is 0 Å². The zero-order valence-electron chi connectivity index (χ0n) is 9.78. The predicted molar refractivity (Wildman–Crippen MR) is 58.6 cm³/mol. The minimum atomic E-state index is -4.10. The van der Waals surface area contributed by atoms with Crippen LogP contribution in [0.15, 0.2) is 0 Å². The molecule has 0 aromatic rings. The van der Waals surface area contributed by atoms with Crippen LogP contribution in [-0.2, 0) is 4.79 Å². The van der Waals surface area contributed by atoms with E-state index in [0.717, 1.165) is 25.7 Å². The van der Waals surface area contributed by atoms with Crippen LogP contribution in [0.1, 0.15) is 38.5 Å². The summed E-state index contributed by atoms with van der Waals surface area (Å²) in [6.07, 6.45) is -0.578. The molecule has 0 aromatic carbocycles. The van der Waals surface area contributed by atoms with Gasteiger partial charge in [0.05, 0.1) is 6.54 Å². The normalized spacial score (nSPS) is 17.4. The van der Waals surface area contributed by atoms with Crippen molar-refractivity contribution in [1.29, 1.82) is 0 Å². The van der Waals surface area contributed by atoms with E-state index >= 15 is 0 Å². The fourth-order valence-corrected chi connectivity index (χ4v) is 1.96. The molecule has 0 aliphatic heterocycles. The van der Waals surface area contributed by atoms with Gasteiger partial charge in [0, 0.05) is 12.5 Å². The van der Waals surface area contributed by atoms with Gasteiger partial charge in [0.2, 0.25) is 5.91 Å². The van der Waals surface area contributed by atoms with Crippen molar-refractivity contribution in [2.45, 2.75) is 50.7 Å². The van der Waals surface area contributed by atoms with E-state index in [-0.39, 0.29) is 31.5 Å². The van der Waals surface area contributed by atoms with Gasteiger partial charge in [-0.05, 0) is 25.8 Å². The number of halogens is 3. The van der Waals surface area contributed by atoms with Gasteiger partial charge in [-0.25, -0.2) is 0 Å². The van der Waals surface area contributed by atoms with E-state index in [9.17, 15) is 18.0 Å². The number of carbonyl (C=O) groups is 1. The fourth-order valence-electron chi connectivity index (χ4n) is 1.96. The van der Waals surface area contributed by atoms with Crippen LogP contribution in [0.3, 0.4) is 0 Å². The molecule has 0 aromatic heterocycles. The van der Waals surface area contributed by atoms with Crippen molar-refractivity contribution in [3.63, 3.8) is 0 Å². The summed E-state index contributed by atoms with van der Waals surface area (Å²) >= 11 is 0. The molecule has 1 aliphatic rings. The summed E-state index contributed by atoms with van der Waals surface area (Å²) in [6.45, 7) is 0.325. The van der Waals surface area contributed by atoms with Crippen LogP contribution in [0, 0.1) is 0 Å². The molecule has 0 bridgehead atoms. The first kappa shape index (κ1) is 14.3. The maximum atomic E-state index is 11.8. The molecule has 1 rings (SSSR count). The Bertz CT molecular complexity index is 237. The third kappa shape index (κ3) is 7.20.